The summed E-state index contributed by atoms with van der Waals surface area (Å²) in [6.07, 6.45) is 1.44. The van der Waals surface area contributed by atoms with E-state index in [0.29, 0.717) is 11.5 Å². The monoisotopic (exact) mass is 162 g/mol. The molecule has 0 atom stereocenters. The SMILES string of the molecule is O=S1(=O)CCC2(CC1)CO2. The van der Waals surface area contributed by atoms with Crippen molar-refractivity contribution in [1.82, 2.24) is 0 Å². The molecule has 0 N–H and O–H groups in total. The van der Waals surface area contributed by atoms with Crippen molar-refractivity contribution in [2.24, 2.45) is 0 Å². The Kier molecular flexibility index (Phi) is 1.15. The third-order valence-corrected chi connectivity index (χ3v) is 3.94. The van der Waals surface area contributed by atoms with E-state index in [0.717, 1.165) is 19.4 Å². The van der Waals surface area contributed by atoms with Crippen LogP contribution in [0.25, 0.3) is 0 Å². The van der Waals surface area contributed by atoms with Gasteiger partial charge in [-0.2, -0.15) is 0 Å². The predicted molar refractivity (Wildman–Crippen MR) is 36.6 cm³/mol. The first-order chi connectivity index (χ1) is 4.62. The first-order valence-corrected chi connectivity index (χ1v) is 5.29. The molecule has 2 saturated heterocycles. The van der Waals surface area contributed by atoms with Crippen molar-refractivity contribution in [1.29, 1.82) is 0 Å². The molecule has 3 nitrogen and oxygen atoms in total. The molecule has 0 amide bonds. The molecule has 2 aliphatic rings. The average molecular weight is 162 g/mol. The maximum Gasteiger partial charge on any atom is 0.150 e. The van der Waals surface area contributed by atoms with Gasteiger partial charge in [0.1, 0.15) is 0 Å². The highest BCUT2D eigenvalue weighted by atomic mass is 32.2. The van der Waals surface area contributed by atoms with E-state index in [1.165, 1.54) is 0 Å². The Labute approximate surface area is 60.3 Å². The Hall–Kier alpha value is -0.0900. The van der Waals surface area contributed by atoms with E-state index >= 15 is 0 Å². The summed E-state index contributed by atoms with van der Waals surface area (Å²) in [6, 6.07) is 0. The lowest BCUT2D eigenvalue weighted by atomic mass is 10.1. The Morgan fingerprint density at radius 3 is 2.10 bits per heavy atom. The topological polar surface area (TPSA) is 46.7 Å². The van der Waals surface area contributed by atoms with Crippen LogP contribution in [0.2, 0.25) is 0 Å². The largest absolute Gasteiger partial charge is 0.370 e. The van der Waals surface area contributed by atoms with E-state index in [-0.39, 0.29) is 5.60 Å². The minimum absolute atomic E-state index is 0.00528. The molecule has 4 heteroatoms. The minimum Gasteiger partial charge on any atom is -0.370 e. The van der Waals surface area contributed by atoms with Crippen molar-refractivity contribution in [3.8, 4) is 0 Å². The summed E-state index contributed by atoms with van der Waals surface area (Å²) in [7, 11) is -2.69. The Morgan fingerprint density at radius 1 is 1.20 bits per heavy atom. The fraction of sp³-hybridized carbons (Fsp3) is 1.00. The van der Waals surface area contributed by atoms with Gasteiger partial charge in [0.15, 0.2) is 9.84 Å². The lowest BCUT2D eigenvalue weighted by molar-refractivity contribution is 0.284. The van der Waals surface area contributed by atoms with Crippen molar-refractivity contribution in [2.45, 2.75) is 18.4 Å². The van der Waals surface area contributed by atoms with Gasteiger partial charge in [-0.25, -0.2) is 8.42 Å². The molecular weight excluding hydrogens is 152 g/mol. The zero-order chi connectivity index (χ0) is 7.24. The molecule has 0 radical (unpaired) electrons. The Morgan fingerprint density at radius 2 is 1.70 bits per heavy atom. The summed E-state index contributed by atoms with van der Waals surface area (Å²) in [5.41, 5.74) is 0.00528. The van der Waals surface area contributed by atoms with Gasteiger partial charge in [0.05, 0.1) is 23.7 Å². The van der Waals surface area contributed by atoms with Crippen LogP contribution in [0.3, 0.4) is 0 Å². The van der Waals surface area contributed by atoms with Gasteiger partial charge >= 0.3 is 0 Å². The van der Waals surface area contributed by atoms with Crippen LogP contribution < -0.4 is 0 Å². The summed E-state index contributed by atoms with van der Waals surface area (Å²) in [5.74, 6) is 0.653. The highest BCUT2D eigenvalue weighted by molar-refractivity contribution is 7.91. The van der Waals surface area contributed by atoms with Crippen LogP contribution in [0.4, 0.5) is 0 Å². The number of hydrogen-bond acceptors (Lipinski definition) is 3. The fourth-order valence-electron chi connectivity index (χ4n) is 1.30. The Bertz CT molecular complexity index is 222. The molecule has 1 spiro atoms. The zero-order valence-electron chi connectivity index (χ0n) is 5.67. The fourth-order valence-corrected chi connectivity index (χ4v) is 2.87. The average Bonchev–Trinajstić information content (AvgIpc) is 2.60. The molecule has 0 aromatic heterocycles. The van der Waals surface area contributed by atoms with Gasteiger partial charge < -0.3 is 4.74 Å². The molecule has 0 bridgehead atoms. The van der Waals surface area contributed by atoms with Gasteiger partial charge in [-0.15, -0.1) is 0 Å². The number of epoxide rings is 1. The van der Waals surface area contributed by atoms with Crippen LogP contribution in [0.1, 0.15) is 12.8 Å². The second kappa shape index (κ2) is 1.74. The summed E-state index contributed by atoms with van der Waals surface area (Å²) < 4.78 is 27.0. The van der Waals surface area contributed by atoms with Gasteiger partial charge in [0.2, 0.25) is 0 Å². The highest BCUT2D eigenvalue weighted by Crippen LogP contribution is 2.38. The van der Waals surface area contributed by atoms with Crippen LogP contribution in [0, 0.1) is 0 Å². The molecule has 0 saturated carbocycles. The van der Waals surface area contributed by atoms with Crippen molar-refractivity contribution < 1.29 is 13.2 Å². The van der Waals surface area contributed by atoms with Crippen LogP contribution in [-0.4, -0.2) is 32.1 Å². The summed E-state index contributed by atoms with van der Waals surface area (Å²) >= 11 is 0. The highest BCUT2D eigenvalue weighted by Gasteiger charge is 2.48. The predicted octanol–water partition coefficient (Wildman–Crippen LogP) is -0.0360. The third kappa shape index (κ3) is 1.06. The third-order valence-electron chi connectivity index (χ3n) is 2.29. The number of hydrogen-bond donors (Lipinski definition) is 0. The second-order valence-corrected chi connectivity index (χ2v) is 5.43. The first kappa shape index (κ1) is 6.61. The maximum absolute atomic E-state index is 10.9. The number of rotatable bonds is 0. The number of ether oxygens (including phenoxy) is 1. The Balaban J connectivity index is 2.08. The summed E-state index contributed by atoms with van der Waals surface area (Å²) in [6.45, 7) is 0.780. The molecule has 2 heterocycles. The van der Waals surface area contributed by atoms with E-state index in [9.17, 15) is 8.42 Å². The molecule has 2 aliphatic heterocycles. The second-order valence-electron chi connectivity index (χ2n) is 3.12. The van der Waals surface area contributed by atoms with Gasteiger partial charge in [-0.05, 0) is 12.8 Å². The molecule has 58 valence electrons. The van der Waals surface area contributed by atoms with Crippen molar-refractivity contribution >= 4 is 9.84 Å². The van der Waals surface area contributed by atoms with E-state index in [4.69, 9.17) is 4.74 Å². The molecule has 0 aliphatic carbocycles. The van der Waals surface area contributed by atoms with E-state index < -0.39 is 9.84 Å². The van der Waals surface area contributed by atoms with Crippen LogP contribution >= 0.6 is 0 Å². The van der Waals surface area contributed by atoms with Gasteiger partial charge in [-0.3, -0.25) is 0 Å². The first-order valence-electron chi connectivity index (χ1n) is 3.46. The van der Waals surface area contributed by atoms with Crippen molar-refractivity contribution in [3.05, 3.63) is 0 Å². The smallest absolute Gasteiger partial charge is 0.150 e. The van der Waals surface area contributed by atoms with E-state index in [2.05, 4.69) is 0 Å². The van der Waals surface area contributed by atoms with Crippen molar-refractivity contribution in [2.75, 3.05) is 18.1 Å². The quantitative estimate of drug-likeness (QED) is 0.470. The summed E-state index contributed by atoms with van der Waals surface area (Å²) in [5, 5.41) is 0. The summed E-state index contributed by atoms with van der Waals surface area (Å²) in [4.78, 5) is 0. The molecule has 0 aromatic carbocycles. The van der Waals surface area contributed by atoms with Gasteiger partial charge in [-0.1, -0.05) is 0 Å². The van der Waals surface area contributed by atoms with Crippen LogP contribution in [0.15, 0.2) is 0 Å². The van der Waals surface area contributed by atoms with Gasteiger partial charge in [0, 0.05) is 0 Å². The van der Waals surface area contributed by atoms with Gasteiger partial charge in [0.25, 0.3) is 0 Å². The van der Waals surface area contributed by atoms with E-state index in [1.807, 2.05) is 0 Å². The normalized spacial score (nSPS) is 34.0. The standard InChI is InChI=1S/C6H10O3S/c7-10(8)3-1-6(2-4-10)5-9-6/h1-5H2. The van der Waals surface area contributed by atoms with Crippen LogP contribution in [0.5, 0.6) is 0 Å². The maximum atomic E-state index is 10.9. The molecule has 2 rings (SSSR count). The lowest BCUT2D eigenvalue weighted by Gasteiger charge is -2.17. The molecular formula is C6H10O3S. The minimum atomic E-state index is -2.69. The van der Waals surface area contributed by atoms with E-state index in [1.54, 1.807) is 0 Å². The molecule has 0 unspecified atom stereocenters. The lowest BCUT2D eigenvalue weighted by Crippen LogP contribution is -2.29. The van der Waals surface area contributed by atoms with Crippen LogP contribution in [-0.2, 0) is 14.6 Å². The molecule has 2 fully saturated rings. The zero-order valence-corrected chi connectivity index (χ0v) is 6.49. The number of sulfone groups is 1. The molecule has 10 heavy (non-hydrogen) atoms. The molecule has 0 aromatic rings. The van der Waals surface area contributed by atoms with Crippen molar-refractivity contribution in [3.63, 3.8) is 0 Å².